The van der Waals surface area contributed by atoms with E-state index in [1.54, 1.807) is 0 Å². The zero-order chi connectivity index (χ0) is 29.7. The normalized spacial score (nSPS) is 11.7. The minimum absolute atomic E-state index is 2.30. The smallest absolute Gasteiger partial charge is 0.478 e. The molecule has 0 heterocycles. The molecule has 2 aromatic rings. The molecule has 0 aliphatic heterocycles. The van der Waals surface area contributed by atoms with Crippen molar-refractivity contribution in [3.05, 3.63) is 57.2 Å². The van der Waals surface area contributed by atoms with E-state index in [0.29, 0.717) is 0 Å². The monoisotopic (exact) mass is 570 g/mol. The van der Waals surface area contributed by atoms with Gasteiger partial charge in [-0.1, -0.05) is 0 Å². The first kappa shape index (κ1) is 29.5. The first-order valence-corrected chi connectivity index (χ1v) is 8.67. The van der Waals surface area contributed by atoms with E-state index in [1.807, 2.05) is 0 Å². The number of carboxylic acid groups (broad SMARTS) is 4. The molecule has 0 radical (unpaired) electrons. The van der Waals surface area contributed by atoms with Crippen LogP contribution in [0.4, 0.5) is 43.9 Å². The highest BCUT2D eigenvalue weighted by Crippen LogP contribution is 2.43. The molecule has 0 aliphatic rings. The number of rotatable bonds is 9. The van der Waals surface area contributed by atoms with Crippen LogP contribution in [-0.4, -0.2) is 56.5 Å². The molecule has 2 rings (SSSR count). The van der Waals surface area contributed by atoms with E-state index in [9.17, 15) is 63.1 Å². The summed E-state index contributed by atoms with van der Waals surface area (Å²) in [4.78, 5) is 43.8. The van der Waals surface area contributed by atoms with Crippen LogP contribution in [0.15, 0.2) is 0 Å². The van der Waals surface area contributed by atoms with Gasteiger partial charge in [-0.3, -0.25) is 0 Å². The standard InChI is InChI=1S/C18H4F10O10/c19-5-1(13(29)30)3(15(33)34)7(21)11(9(5)23)37-17(25,26)18(27,28)38-12-8(22)4(16(35)36)2(14(31)32)6(20)10(12)24/h(H,29,30)(H,31,32)(H,33,34)(H,35,36). The lowest BCUT2D eigenvalue weighted by atomic mass is 10.0. The molecule has 0 saturated heterocycles. The number of hydrogen-bond acceptors (Lipinski definition) is 6. The molecule has 0 aromatic heterocycles. The fourth-order valence-corrected chi connectivity index (χ4v) is 2.64. The van der Waals surface area contributed by atoms with Crippen LogP contribution >= 0.6 is 0 Å². The van der Waals surface area contributed by atoms with E-state index < -0.39 is 105 Å². The molecule has 0 saturated carbocycles. The molecule has 206 valence electrons. The molecule has 0 spiro atoms. The molecular formula is C18H4F10O10. The second-order valence-corrected chi connectivity index (χ2v) is 6.50. The van der Waals surface area contributed by atoms with Gasteiger partial charge >= 0.3 is 36.1 Å². The maximum absolute atomic E-state index is 14.3. The Kier molecular flexibility index (Phi) is 7.43. The quantitative estimate of drug-likeness (QED) is 0.256. The Morgan fingerprint density at radius 2 is 0.658 bits per heavy atom. The maximum atomic E-state index is 14.3. The van der Waals surface area contributed by atoms with Crippen molar-refractivity contribution in [2.45, 2.75) is 12.2 Å². The summed E-state index contributed by atoms with van der Waals surface area (Å²) in [6, 6.07) is 0. The summed E-state index contributed by atoms with van der Waals surface area (Å²) in [7, 11) is 0. The fourth-order valence-electron chi connectivity index (χ4n) is 2.64. The second-order valence-electron chi connectivity index (χ2n) is 6.50. The third kappa shape index (κ3) is 4.66. The zero-order valence-corrected chi connectivity index (χ0v) is 17.0. The first-order valence-electron chi connectivity index (χ1n) is 8.67. The fraction of sp³-hybridized carbons (Fsp3) is 0.111. The Bertz CT molecular complexity index is 1300. The Morgan fingerprint density at radius 3 is 0.868 bits per heavy atom. The summed E-state index contributed by atoms with van der Waals surface area (Å²) in [5, 5.41) is 35.0. The molecule has 38 heavy (non-hydrogen) atoms. The van der Waals surface area contributed by atoms with E-state index in [0.717, 1.165) is 0 Å². The summed E-state index contributed by atoms with van der Waals surface area (Å²) < 4.78 is 147. The summed E-state index contributed by atoms with van der Waals surface area (Å²) in [5.74, 6) is -34.9. The zero-order valence-electron chi connectivity index (χ0n) is 17.0. The molecular weight excluding hydrogens is 566 g/mol. The van der Waals surface area contributed by atoms with Gasteiger partial charge in [-0.2, -0.15) is 26.3 Å². The van der Waals surface area contributed by atoms with Gasteiger partial charge in [0.05, 0.1) is 0 Å². The topological polar surface area (TPSA) is 168 Å². The van der Waals surface area contributed by atoms with Gasteiger partial charge in [0, 0.05) is 0 Å². The molecule has 10 nitrogen and oxygen atoms in total. The van der Waals surface area contributed by atoms with Gasteiger partial charge in [0.1, 0.15) is 22.3 Å². The lowest BCUT2D eigenvalue weighted by Crippen LogP contribution is -2.50. The van der Waals surface area contributed by atoms with E-state index >= 15 is 0 Å². The van der Waals surface area contributed by atoms with Crippen LogP contribution in [0.5, 0.6) is 11.5 Å². The van der Waals surface area contributed by atoms with E-state index in [4.69, 9.17) is 20.4 Å². The van der Waals surface area contributed by atoms with Gasteiger partial charge < -0.3 is 29.9 Å². The number of carboxylic acids is 4. The Balaban J connectivity index is 2.71. The third-order valence-corrected chi connectivity index (χ3v) is 4.22. The van der Waals surface area contributed by atoms with Crippen molar-refractivity contribution in [2.24, 2.45) is 0 Å². The SMILES string of the molecule is O=C(O)c1c(F)c(F)c(OC(F)(F)C(F)(F)Oc2c(F)c(F)c(C(=O)O)c(C(=O)O)c2F)c(F)c1C(=O)O. The van der Waals surface area contributed by atoms with Crippen molar-refractivity contribution < 1.29 is 93.0 Å². The number of benzene rings is 2. The summed E-state index contributed by atoms with van der Waals surface area (Å²) in [5.41, 5.74) is -9.40. The van der Waals surface area contributed by atoms with Gasteiger partial charge in [-0.15, -0.1) is 0 Å². The van der Waals surface area contributed by atoms with Gasteiger partial charge in [0.2, 0.25) is 23.1 Å². The number of halogens is 10. The van der Waals surface area contributed by atoms with Crippen LogP contribution < -0.4 is 9.47 Å². The van der Waals surface area contributed by atoms with E-state index in [1.165, 1.54) is 0 Å². The average Bonchev–Trinajstić information content (AvgIpc) is 2.77. The van der Waals surface area contributed by atoms with Crippen LogP contribution in [0.3, 0.4) is 0 Å². The van der Waals surface area contributed by atoms with Gasteiger partial charge in [-0.05, 0) is 0 Å². The first-order chi connectivity index (χ1) is 17.2. The second kappa shape index (κ2) is 9.59. The summed E-state index contributed by atoms with van der Waals surface area (Å²) >= 11 is 0. The molecule has 20 heteroatoms. The third-order valence-electron chi connectivity index (χ3n) is 4.22. The molecule has 0 fully saturated rings. The average molecular weight is 570 g/mol. The van der Waals surface area contributed by atoms with Crippen molar-refractivity contribution in [1.29, 1.82) is 0 Å². The molecule has 4 N–H and O–H groups in total. The van der Waals surface area contributed by atoms with Gasteiger partial charge in [0.15, 0.2) is 23.3 Å². The highest BCUT2D eigenvalue weighted by molar-refractivity contribution is 6.03. The van der Waals surface area contributed by atoms with Crippen molar-refractivity contribution >= 4 is 23.9 Å². The number of aromatic carboxylic acids is 4. The summed E-state index contributed by atoms with van der Waals surface area (Å²) in [6.07, 6.45) is -13.2. The lowest BCUT2D eigenvalue weighted by Gasteiger charge is -2.27. The highest BCUT2D eigenvalue weighted by Gasteiger charge is 2.65. The van der Waals surface area contributed by atoms with Gasteiger partial charge in [-0.25, -0.2) is 36.7 Å². The number of hydrogen-bond donors (Lipinski definition) is 4. The van der Waals surface area contributed by atoms with Crippen LogP contribution in [0.1, 0.15) is 41.4 Å². The van der Waals surface area contributed by atoms with Crippen molar-refractivity contribution in [1.82, 2.24) is 0 Å². The van der Waals surface area contributed by atoms with E-state index in [2.05, 4.69) is 9.47 Å². The Labute approximate surface area is 198 Å². The molecule has 0 bridgehead atoms. The van der Waals surface area contributed by atoms with Crippen LogP contribution in [0.2, 0.25) is 0 Å². The van der Waals surface area contributed by atoms with Crippen molar-refractivity contribution in [3.63, 3.8) is 0 Å². The van der Waals surface area contributed by atoms with Gasteiger partial charge in [0.25, 0.3) is 0 Å². The van der Waals surface area contributed by atoms with Crippen LogP contribution in [0, 0.1) is 34.9 Å². The van der Waals surface area contributed by atoms with Crippen molar-refractivity contribution in [2.75, 3.05) is 0 Å². The molecule has 0 amide bonds. The maximum Gasteiger partial charge on any atom is 0.507 e. The van der Waals surface area contributed by atoms with Crippen LogP contribution in [0.25, 0.3) is 0 Å². The number of ether oxygens (including phenoxy) is 2. The van der Waals surface area contributed by atoms with Crippen LogP contribution in [-0.2, 0) is 0 Å². The largest absolute Gasteiger partial charge is 0.507 e. The van der Waals surface area contributed by atoms with Crippen molar-refractivity contribution in [3.8, 4) is 11.5 Å². The Morgan fingerprint density at radius 1 is 0.447 bits per heavy atom. The predicted molar refractivity (Wildman–Crippen MR) is 91.6 cm³/mol. The summed E-state index contributed by atoms with van der Waals surface area (Å²) in [6.45, 7) is 0. The number of alkyl halides is 4. The predicted octanol–water partition coefficient (Wildman–Crippen LogP) is 3.96. The molecule has 0 aliphatic carbocycles. The minimum atomic E-state index is -6.62. The number of carbonyl (C=O) groups is 4. The van der Waals surface area contributed by atoms with E-state index in [-0.39, 0.29) is 0 Å². The minimum Gasteiger partial charge on any atom is -0.478 e. The lowest BCUT2D eigenvalue weighted by molar-refractivity contribution is -0.381. The molecule has 0 unspecified atom stereocenters. The highest BCUT2D eigenvalue weighted by atomic mass is 19.3. The molecule has 2 aromatic carbocycles. The Hall–Kier alpha value is -4.78. The molecule has 0 atom stereocenters.